The van der Waals surface area contributed by atoms with Crippen LogP contribution in [0.3, 0.4) is 0 Å². The zero-order valence-electron chi connectivity index (χ0n) is 15.1. The van der Waals surface area contributed by atoms with Gasteiger partial charge in [0, 0.05) is 32.7 Å². The highest BCUT2D eigenvalue weighted by molar-refractivity contribution is 7.89. The van der Waals surface area contributed by atoms with Crippen molar-refractivity contribution in [2.24, 2.45) is 5.73 Å². The van der Waals surface area contributed by atoms with E-state index in [0.717, 1.165) is 24.3 Å². The van der Waals surface area contributed by atoms with E-state index in [9.17, 15) is 21.6 Å². The van der Waals surface area contributed by atoms with Crippen LogP contribution < -0.4 is 21.1 Å². The molecule has 0 saturated carbocycles. The molecule has 0 unspecified atom stereocenters. The molecule has 0 amide bonds. The van der Waals surface area contributed by atoms with Gasteiger partial charge in [0.15, 0.2) is 0 Å². The maximum atomic E-state index is 12.7. The fourth-order valence-electron chi connectivity index (χ4n) is 2.85. The zero-order chi connectivity index (χ0) is 21.2. The van der Waals surface area contributed by atoms with Crippen molar-refractivity contribution in [1.29, 1.82) is 0 Å². The largest absolute Gasteiger partial charge is 0.573 e. The van der Waals surface area contributed by atoms with Crippen LogP contribution in [0.25, 0.3) is 0 Å². The van der Waals surface area contributed by atoms with Crippen LogP contribution in [0.4, 0.5) is 24.8 Å². The lowest BCUT2D eigenvalue weighted by molar-refractivity contribution is -0.274. The van der Waals surface area contributed by atoms with Crippen molar-refractivity contribution in [1.82, 2.24) is 14.3 Å². The van der Waals surface area contributed by atoms with Crippen LogP contribution in [0.1, 0.15) is 5.69 Å². The fourth-order valence-corrected chi connectivity index (χ4v) is 4.27. The number of benzene rings is 1. The second-order valence-corrected chi connectivity index (χ2v) is 8.11. The standard InChI is InChI=1S/C16H19F3N6O3S/c17-16(18,19)28-11-1-3-12(4-2-11)29(26,27)25-7-5-24(6-8-25)14-10-22-13(9-20)15(21)23-14/h1-4,10H,5-9,20H2,(H2,21,23). The molecule has 1 aromatic carbocycles. The van der Waals surface area contributed by atoms with Crippen molar-refractivity contribution >= 4 is 21.7 Å². The lowest BCUT2D eigenvalue weighted by atomic mass is 10.3. The molecule has 158 valence electrons. The van der Waals surface area contributed by atoms with E-state index in [1.165, 1.54) is 10.5 Å². The highest BCUT2D eigenvalue weighted by Crippen LogP contribution is 2.26. The lowest BCUT2D eigenvalue weighted by Crippen LogP contribution is -2.49. The second kappa shape index (κ2) is 8.00. The number of nitrogens with two attached hydrogens (primary N) is 2. The Kier molecular flexibility index (Phi) is 5.82. The van der Waals surface area contributed by atoms with Gasteiger partial charge in [0.05, 0.1) is 16.8 Å². The first kappa shape index (κ1) is 21.1. The molecule has 1 aliphatic heterocycles. The van der Waals surface area contributed by atoms with Gasteiger partial charge in [0.25, 0.3) is 0 Å². The Morgan fingerprint density at radius 3 is 2.24 bits per heavy atom. The number of nitrogen functional groups attached to an aromatic ring is 1. The summed E-state index contributed by atoms with van der Waals surface area (Å²) in [7, 11) is -3.85. The van der Waals surface area contributed by atoms with Crippen LogP contribution in [0.15, 0.2) is 35.4 Å². The van der Waals surface area contributed by atoms with Crippen molar-refractivity contribution in [3.63, 3.8) is 0 Å². The SMILES string of the molecule is NCc1ncc(N2CCN(S(=O)(=O)c3ccc(OC(F)(F)F)cc3)CC2)nc1N. The summed E-state index contributed by atoms with van der Waals surface area (Å²) >= 11 is 0. The molecule has 3 rings (SSSR count). The maximum Gasteiger partial charge on any atom is 0.573 e. The molecular weight excluding hydrogens is 413 g/mol. The van der Waals surface area contributed by atoms with E-state index < -0.39 is 22.1 Å². The van der Waals surface area contributed by atoms with Gasteiger partial charge in [-0.2, -0.15) is 4.31 Å². The summed E-state index contributed by atoms with van der Waals surface area (Å²) in [6.07, 6.45) is -3.31. The number of rotatable bonds is 5. The summed E-state index contributed by atoms with van der Waals surface area (Å²) < 4.78 is 67.2. The molecule has 13 heteroatoms. The average molecular weight is 432 g/mol. The molecule has 4 N–H and O–H groups in total. The third-order valence-corrected chi connectivity index (χ3v) is 6.23. The van der Waals surface area contributed by atoms with E-state index in [1.54, 1.807) is 0 Å². The average Bonchev–Trinajstić information content (AvgIpc) is 2.67. The third-order valence-electron chi connectivity index (χ3n) is 4.32. The molecule has 2 heterocycles. The number of piperazine rings is 1. The predicted octanol–water partition coefficient (Wildman–Crippen LogP) is 0.927. The first-order chi connectivity index (χ1) is 13.6. The molecule has 1 fully saturated rings. The van der Waals surface area contributed by atoms with E-state index in [1.807, 2.05) is 4.90 Å². The number of nitrogens with zero attached hydrogens (tertiary/aromatic N) is 4. The quantitative estimate of drug-likeness (QED) is 0.714. The Bertz CT molecular complexity index is 961. The minimum atomic E-state index is -4.84. The molecule has 29 heavy (non-hydrogen) atoms. The maximum absolute atomic E-state index is 12.7. The first-order valence-electron chi connectivity index (χ1n) is 8.52. The van der Waals surface area contributed by atoms with E-state index >= 15 is 0 Å². The fraction of sp³-hybridized carbons (Fsp3) is 0.375. The molecule has 2 aromatic rings. The Morgan fingerprint density at radius 1 is 1.10 bits per heavy atom. The smallest absolute Gasteiger partial charge is 0.406 e. The lowest BCUT2D eigenvalue weighted by Gasteiger charge is -2.34. The summed E-state index contributed by atoms with van der Waals surface area (Å²) in [4.78, 5) is 10.1. The van der Waals surface area contributed by atoms with Gasteiger partial charge in [-0.15, -0.1) is 13.2 Å². The molecule has 0 spiro atoms. The Balaban J connectivity index is 1.67. The summed E-state index contributed by atoms with van der Waals surface area (Å²) in [6, 6.07) is 4.10. The van der Waals surface area contributed by atoms with Crippen LogP contribution in [-0.2, 0) is 16.6 Å². The molecule has 0 atom stereocenters. The van der Waals surface area contributed by atoms with Crippen molar-refractivity contribution < 1.29 is 26.3 Å². The summed E-state index contributed by atoms with van der Waals surface area (Å²) in [5.41, 5.74) is 11.8. The zero-order valence-corrected chi connectivity index (χ0v) is 15.9. The van der Waals surface area contributed by atoms with Crippen molar-refractivity contribution in [3.8, 4) is 5.75 Å². The number of aromatic nitrogens is 2. The van der Waals surface area contributed by atoms with Gasteiger partial charge in [-0.05, 0) is 24.3 Å². The van der Waals surface area contributed by atoms with Gasteiger partial charge in [0.1, 0.15) is 17.4 Å². The van der Waals surface area contributed by atoms with Gasteiger partial charge in [-0.1, -0.05) is 0 Å². The van der Waals surface area contributed by atoms with E-state index in [-0.39, 0.29) is 30.3 Å². The van der Waals surface area contributed by atoms with Gasteiger partial charge in [0.2, 0.25) is 10.0 Å². The van der Waals surface area contributed by atoms with E-state index in [2.05, 4.69) is 14.7 Å². The number of alkyl halides is 3. The summed E-state index contributed by atoms with van der Waals surface area (Å²) in [6.45, 7) is 1.21. The Hall–Kier alpha value is -2.64. The number of sulfonamides is 1. The number of ether oxygens (including phenoxy) is 1. The first-order valence-corrected chi connectivity index (χ1v) is 9.96. The molecular formula is C16H19F3N6O3S. The van der Waals surface area contributed by atoms with Crippen LogP contribution in [-0.4, -0.2) is 55.2 Å². The number of anilines is 2. The Morgan fingerprint density at radius 2 is 1.72 bits per heavy atom. The topological polar surface area (TPSA) is 128 Å². The van der Waals surface area contributed by atoms with Crippen LogP contribution in [0.5, 0.6) is 5.75 Å². The molecule has 1 saturated heterocycles. The van der Waals surface area contributed by atoms with Crippen molar-refractivity contribution in [2.75, 3.05) is 36.8 Å². The van der Waals surface area contributed by atoms with Crippen LogP contribution in [0.2, 0.25) is 0 Å². The van der Waals surface area contributed by atoms with E-state index in [0.29, 0.717) is 24.6 Å². The minimum Gasteiger partial charge on any atom is -0.406 e. The number of hydrogen-bond donors (Lipinski definition) is 2. The van der Waals surface area contributed by atoms with Gasteiger partial charge >= 0.3 is 6.36 Å². The van der Waals surface area contributed by atoms with Crippen molar-refractivity contribution in [2.45, 2.75) is 17.8 Å². The highest BCUT2D eigenvalue weighted by Gasteiger charge is 2.32. The Labute approximate surface area is 165 Å². The van der Waals surface area contributed by atoms with Crippen LogP contribution in [0, 0.1) is 0 Å². The highest BCUT2D eigenvalue weighted by atomic mass is 32.2. The third kappa shape index (κ3) is 4.86. The van der Waals surface area contributed by atoms with Gasteiger partial charge in [-0.25, -0.2) is 13.4 Å². The summed E-state index contributed by atoms with van der Waals surface area (Å²) in [5, 5.41) is 0. The monoisotopic (exact) mass is 432 g/mol. The van der Waals surface area contributed by atoms with Gasteiger partial charge < -0.3 is 21.1 Å². The van der Waals surface area contributed by atoms with E-state index in [4.69, 9.17) is 11.5 Å². The van der Waals surface area contributed by atoms with Crippen LogP contribution >= 0.6 is 0 Å². The normalized spacial score (nSPS) is 16.1. The molecule has 0 aliphatic carbocycles. The minimum absolute atomic E-state index is 0.114. The van der Waals surface area contributed by atoms with Gasteiger partial charge in [-0.3, -0.25) is 4.98 Å². The predicted molar refractivity (Wildman–Crippen MR) is 98.4 cm³/mol. The molecule has 1 aliphatic rings. The molecule has 1 aromatic heterocycles. The molecule has 9 nitrogen and oxygen atoms in total. The second-order valence-electron chi connectivity index (χ2n) is 6.17. The molecule has 0 radical (unpaired) electrons. The molecule has 0 bridgehead atoms. The van der Waals surface area contributed by atoms with Crippen molar-refractivity contribution in [3.05, 3.63) is 36.2 Å². The number of hydrogen-bond acceptors (Lipinski definition) is 8. The summed E-state index contributed by atoms with van der Waals surface area (Å²) in [5.74, 6) is 0.255. The number of halogens is 3.